The standard InChI is InChI=1S/C22H29NO5.W/c1-5-7-8-12-21-23-20(17(4)28-21)15-27-19-11-9-10-18(13-19)26-14-16(3)22(24)25-6-2;/h5,7-8,18-19H,1,3,6,9-11,13-15H2,2,4H3;/b8-7-;/t18-,19+;/m1./s1. The maximum absolute atomic E-state index is 11.6. The Kier molecular flexibility index (Phi) is 9.92. The monoisotopic (exact) mass is 571 g/mol. The molecule has 2 atom stereocenters. The van der Waals surface area contributed by atoms with Crippen LogP contribution in [0.1, 0.15) is 50.0 Å². The summed E-state index contributed by atoms with van der Waals surface area (Å²) in [5.41, 5.74) is 1.17. The fourth-order valence-corrected chi connectivity index (χ4v) is 3.60. The Morgan fingerprint density at radius 2 is 2.07 bits per heavy atom. The average molecular weight is 571 g/mol. The third-order valence-corrected chi connectivity index (χ3v) is 5.69. The van der Waals surface area contributed by atoms with Crippen molar-refractivity contribution >= 4 is 9.87 Å². The molecule has 0 saturated heterocycles. The van der Waals surface area contributed by atoms with Crippen LogP contribution in [0, 0.1) is 6.92 Å². The first kappa shape index (κ1) is 23.7. The van der Waals surface area contributed by atoms with Crippen molar-refractivity contribution in [3.05, 3.63) is 54.3 Å². The molecule has 29 heavy (non-hydrogen) atoms. The summed E-state index contributed by atoms with van der Waals surface area (Å²) in [6.07, 6.45) is 9.45. The van der Waals surface area contributed by atoms with Crippen molar-refractivity contribution in [2.75, 3.05) is 13.2 Å². The molecular weight excluding hydrogens is 542 g/mol. The molecule has 7 heteroatoms. The summed E-state index contributed by atoms with van der Waals surface area (Å²) >= 11 is 1.28. The molecule has 1 aromatic rings. The summed E-state index contributed by atoms with van der Waals surface area (Å²) < 4.78 is 23.7. The molecule has 1 aliphatic carbocycles. The van der Waals surface area contributed by atoms with Crippen LogP contribution in [-0.4, -0.2) is 40.3 Å². The average Bonchev–Trinajstić information content (AvgIpc) is 3.09. The van der Waals surface area contributed by atoms with Crippen molar-refractivity contribution in [3.63, 3.8) is 0 Å². The number of ether oxygens (including phenoxy) is 3. The van der Waals surface area contributed by atoms with Crippen LogP contribution < -0.4 is 0 Å². The number of esters is 1. The second kappa shape index (κ2) is 12.2. The zero-order valence-electron chi connectivity index (χ0n) is 17.1. The van der Waals surface area contributed by atoms with Gasteiger partial charge in [0.25, 0.3) is 0 Å². The van der Waals surface area contributed by atoms with Crippen LogP contribution in [0.4, 0.5) is 0 Å². The molecule has 0 aliphatic heterocycles. The van der Waals surface area contributed by atoms with Gasteiger partial charge < -0.3 is 4.74 Å². The first-order chi connectivity index (χ1) is 13.9. The normalized spacial score (nSPS) is 19.2. The molecule has 1 saturated carbocycles. The van der Waals surface area contributed by atoms with E-state index in [0.717, 1.165) is 41.0 Å². The van der Waals surface area contributed by atoms with Crippen molar-refractivity contribution in [2.45, 2.75) is 58.3 Å². The Labute approximate surface area is 183 Å². The van der Waals surface area contributed by atoms with Gasteiger partial charge >= 0.3 is 154 Å². The van der Waals surface area contributed by atoms with Crippen LogP contribution in [-0.2, 0) is 45.0 Å². The summed E-state index contributed by atoms with van der Waals surface area (Å²) in [7, 11) is 0. The molecule has 0 spiro atoms. The molecule has 2 rings (SSSR count). The molecule has 0 aromatic carbocycles. The van der Waals surface area contributed by atoms with E-state index in [2.05, 4.69) is 18.1 Å². The summed E-state index contributed by atoms with van der Waals surface area (Å²) in [5, 5.41) is 0. The van der Waals surface area contributed by atoms with Gasteiger partial charge in [-0.25, -0.2) is 4.79 Å². The van der Waals surface area contributed by atoms with E-state index < -0.39 is 5.97 Å². The number of hydrogen-bond acceptors (Lipinski definition) is 6. The number of oxazole rings is 1. The van der Waals surface area contributed by atoms with E-state index in [1.165, 1.54) is 19.4 Å². The molecule has 6 nitrogen and oxygen atoms in total. The Bertz CT molecular complexity index is 767. The van der Waals surface area contributed by atoms with E-state index in [1.807, 2.05) is 19.1 Å². The van der Waals surface area contributed by atoms with Gasteiger partial charge in [0.15, 0.2) is 0 Å². The summed E-state index contributed by atoms with van der Waals surface area (Å²) in [5.74, 6) is 1.02. The van der Waals surface area contributed by atoms with E-state index in [1.54, 1.807) is 13.0 Å². The van der Waals surface area contributed by atoms with Crippen LogP contribution in [0.2, 0.25) is 0 Å². The maximum atomic E-state index is 11.6. The predicted octanol–water partition coefficient (Wildman–Crippen LogP) is 3.76. The van der Waals surface area contributed by atoms with E-state index in [-0.39, 0.29) is 18.8 Å². The number of allylic oxidation sites excluding steroid dienone is 3. The summed E-state index contributed by atoms with van der Waals surface area (Å²) in [4.78, 5) is 16.2. The van der Waals surface area contributed by atoms with Crippen molar-refractivity contribution in [1.82, 2.24) is 4.98 Å². The molecule has 0 bridgehead atoms. The first-order valence-electron chi connectivity index (χ1n) is 9.82. The number of rotatable bonds is 11. The van der Waals surface area contributed by atoms with Crippen LogP contribution >= 0.6 is 0 Å². The van der Waals surface area contributed by atoms with Gasteiger partial charge in [-0.3, -0.25) is 0 Å². The molecular formula is C22H29NO5W. The minimum absolute atomic E-state index is 0.0529. The first-order valence-corrected chi connectivity index (χ1v) is 11.3. The fourth-order valence-electron chi connectivity index (χ4n) is 3.01. The molecule has 0 N–H and O–H groups in total. The molecule has 1 aromatic heterocycles. The van der Waals surface area contributed by atoms with Crippen LogP contribution in [0.25, 0.3) is 0 Å². The zero-order chi connectivity index (χ0) is 21.2. The minimum atomic E-state index is -0.398. The molecule has 0 unspecified atom stereocenters. The van der Waals surface area contributed by atoms with Crippen LogP contribution in [0.15, 0.2) is 41.4 Å². The number of aryl methyl sites for hydroxylation is 1. The van der Waals surface area contributed by atoms with E-state index in [0.29, 0.717) is 24.7 Å². The Morgan fingerprint density at radius 1 is 1.34 bits per heavy atom. The van der Waals surface area contributed by atoms with Gasteiger partial charge in [0.2, 0.25) is 0 Å². The van der Waals surface area contributed by atoms with Gasteiger partial charge in [-0.05, 0) is 6.92 Å². The quantitative estimate of drug-likeness (QED) is 0.229. The van der Waals surface area contributed by atoms with Gasteiger partial charge in [0.1, 0.15) is 0 Å². The second-order valence-corrected chi connectivity index (χ2v) is 8.42. The fraction of sp³-hybridized carbons (Fsp3) is 0.500. The summed E-state index contributed by atoms with van der Waals surface area (Å²) in [6, 6.07) is 0. The van der Waals surface area contributed by atoms with Gasteiger partial charge in [-0.15, -0.1) is 0 Å². The SMILES string of the molecule is C=C/C=C\[C](=[W])c1nc(CO[C@H]2CCC[C@@H](OCC(=C)C(=O)OCC)C2)c(C)o1. The number of aromatic nitrogens is 1. The van der Waals surface area contributed by atoms with Gasteiger partial charge in [0, 0.05) is 0 Å². The van der Waals surface area contributed by atoms with E-state index in [9.17, 15) is 4.79 Å². The van der Waals surface area contributed by atoms with Crippen LogP contribution in [0.5, 0.6) is 0 Å². The van der Waals surface area contributed by atoms with E-state index in [4.69, 9.17) is 18.6 Å². The number of carbonyl (C=O) groups is 1. The zero-order valence-corrected chi connectivity index (χ0v) is 20.1. The third kappa shape index (κ3) is 7.61. The molecule has 1 heterocycles. The van der Waals surface area contributed by atoms with E-state index >= 15 is 0 Å². The van der Waals surface area contributed by atoms with Gasteiger partial charge in [-0.1, -0.05) is 6.58 Å². The molecule has 1 aliphatic rings. The van der Waals surface area contributed by atoms with Gasteiger partial charge in [0.05, 0.1) is 6.61 Å². The number of nitrogens with zero attached hydrogens (tertiary/aromatic N) is 1. The second-order valence-electron chi connectivity index (χ2n) is 6.84. The predicted molar refractivity (Wildman–Crippen MR) is 107 cm³/mol. The van der Waals surface area contributed by atoms with Crippen molar-refractivity contribution < 1.29 is 42.8 Å². The number of carbonyl (C=O) groups excluding carboxylic acids is 1. The van der Waals surface area contributed by atoms with Gasteiger partial charge in [-0.2, -0.15) is 0 Å². The molecule has 158 valence electrons. The molecule has 0 radical (unpaired) electrons. The molecule has 1 fully saturated rings. The van der Waals surface area contributed by atoms with Crippen molar-refractivity contribution in [3.8, 4) is 0 Å². The molecule has 0 amide bonds. The van der Waals surface area contributed by atoms with Crippen molar-refractivity contribution in [2.24, 2.45) is 0 Å². The number of hydrogen-bond donors (Lipinski definition) is 0. The van der Waals surface area contributed by atoms with Crippen molar-refractivity contribution in [1.29, 1.82) is 0 Å². The van der Waals surface area contributed by atoms with Crippen LogP contribution in [0.3, 0.4) is 0 Å². The Morgan fingerprint density at radius 3 is 2.76 bits per heavy atom. The summed E-state index contributed by atoms with van der Waals surface area (Å²) in [6.45, 7) is 12.0. The Hall–Kier alpha value is -1.62. The topological polar surface area (TPSA) is 70.8 Å². The third-order valence-electron chi connectivity index (χ3n) is 4.58. The Balaban J connectivity index is 1.82.